The Morgan fingerprint density at radius 3 is 1.84 bits per heavy atom. The molecule has 0 atom stereocenters. The molecule has 6 rings (SSSR count). The molecule has 0 amide bonds. The fourth-order valence-electron chi connectivity index (χ4n) is 6.15. The molecular formula is C23H38N6O2. The van der Waals surface area contributed by atoms with Gasteiger partial charge in [-0.2, -0.15) is 0 Å². The monoisotopic (exact) mass is 434 g/mol. The van der Waals surface area contributed by atoms with Gasteiger partial charge in [0.1, 0.15) is 37.3 Å². The summed E-state index contributed by atoms with van der Waals surface area (Å²) < 4.78 is 15.4. The largest absolute Gasteiger partial charge is 0.396 e. The lowest BCUT2D eigenvalue weighted by Crippen LogP contribution is -2.48. The lowest BCUT2D eigenvalue weighted by Gasteiger charge is -2.56. The number of nitrogens with zero attached hydrogens (tertiary/aromatic N) is 6. The van der Waals surface area contributed by atoms with Crippen LogP contribution in [0.1, 0.15) is 48.2 Å². The second-order valence-electron chi connectivity index (χ2n) is 9.77. The normalized spacial score (nSPS) is 35.3. The van der Waals surface area contributed by atoms with E-state index in [9.17, 15) is 0 Å². The molecule has 0 N–H and O–H groups in total. The van der Waals surface area contributed by atoms with Gasteiger partial charge >= 0.3 is 0 Å². The third-order valence-corrected chi connectivity index (χ3v) is 7.20. The second-order valence-corrected chi connectivity index (χ2v) is 9.77. The van der Waals surface area contributed by atoms with E-state index in [4.69, 9.17) is 12.4 Å². The van der Waals surface area contributed by atoms with Gasteiger partial charge in [0.15, 0.2) is 0 Å². The van der Waals surface area contributed by atoms with Crippen molar-refractivity contribution in [1.82, 2.24) is 9.80 Å². The van der Waals surface area contributed by atoms with Crippen molar-refractivity contribution < 1.29 is 12.4 Å². The van der Waals surface area contributed by atoms with E-state index in [0.29, 0.717) is 30.3 Å². The summed E-state index contributed by atoms with van der Waals surface area (Å²) in [7, 11) is 3.84. The number of rotatable bonds is 7. The summed E-state index contributed by atoms with van der Waals surface area (Å²) in [4.78, 5) is 22.7. The van der Waals surface area contributed by atoms with Gasteiger partial charge in [0, 0.05) is 32.6 Å². The van der Waals surface area contributed by atoms with E-state index in [0.717, 1.165) is 43.9 Å². The first-order valence-corrected chi connectivity index (χ1v) is 11.7. The minimum Gasteiger partial charge on any atom is -0.396 e. The van der Waals surface area contributed by atoms with Crippen molar-refractivity contribution in [2.24, 2.45) is 43.5 Å². The Bertz CT molecular complexity index is 792. The molecule has 8 nitrogen and oxygen atoms in total. The van der Waals surface area contributed by atoms with Gasteiger partial charge in [-0.1, -0.05) is 10.3 Å². The number of aliphatic imine (C=N–C) groups is 2. The minimum absolute atomic E-state index is 0.108. The Morgan fingerprint density at radius 2 is 1.42 bits per heavy atom. The maximum absolute atomic E-state index is 7.99. The van der Waals surface area contributed by atoms with Crippen LogP contribution in [0.4, 0.5) is 0 Å². The topological polar surface area (TPSA) is 74.4 Å². The zero-order valence-electron chi connectivity index (χ0n) is 21.2. The average Bonchev–Trinajstić information content (AvgIpc) is 3.39. The van der Waals surface area contributed by atoms with Crippen LogP contribution in [-0.4, -0.2) is 87.3 Å². The van der Waals surface area contributed by atoms with Gasteiger partial charge in [0.05, 0.1) is 15.8 Å². The summed E-state index contributed by atoms with van der Waals surface area (Å²) in [5.74, 6) is 4.09. The molecular weight excluding hydrogens is 392 g/mol. The molecule has 4 saturated carbocycles. The van der Waals surface area contributed by atoms with Gasteiger partial charge in [-0.05, 0) is 63.2 Å². The molecule has 31 heavy (non-hydrogen) atoms. The lowest BCUT2D eigenvalue weighted by molar-refractivity contribution is -0.0956. The van der Waals surface area contributed by atoms with Crippen molar-refractivity contribution in [2.45, 2.75) is 45.4 Å². The summed E-state index contributed by atoms with van der Waals surface area (Å²) in [6.07, 6.45) is 8.61. The van der Waals surface area contributed by atoms with E-state index in [1.165, 1.54) is 38.5 Å². The molecule has 0 radical (unpaired) electrons. The molecule has 4 bridgehead atoms. The van der Waals surface area contributed by atoms with Crippen molar-refractivity contribution in [1.29, 1.82) is 0 Å². The van der Waals surface area contributed by atoms with Gasteiger partial charge in [-0.15, -0.1) is 0 Å². The summed E-state index contributed by atoms with van der Waals surface area (Å²) >= 11 is 0. The quantitative estimate of drug-likeness (QED) is 0.456. The van der Waals surface area contributed by atoms with Crippen LogP contribution in [0.3, 0.4) is 0 Å². The van der Waals surface area contributed by atoms with Crippen LogP contribution < -0.4 is 0 Å². The van der Waals surface area contributed by atoms with E-state index in [2.05, 4.69) is 20.3 Å². The van der Waals surface area contributed by atoms with Crippen LogP contribution in [0, 0.1) is 23.2 Å². The maximum atomic E-state index is 7.99. The summed E-state index contributed by atoms with van der Waals surface area (Å²) in [5, 5.41) is 7.63. The first kappa shape index (κ1) is 19.6. The Kier molecular flexibility index (Phi) is 6.31. The molecule has 0 unspecified atom stereocenters. The van der Waals surface area contributed by atoms with E-state index in [1.807, 2.05) is 30.8 Å². The summed E-state index contributed by atoms with van der Waals surface area (Å²) in [6.45, 7) is 6.27. The SMILES string of the molecule is [3H]C(=NOCC)C1=NCCN1C.[3H]C(=NOCC12CC3CC(CC(C3)C1)C2)C1=NCCN1C. The van der Waals surface area contributed by atoms with Gasteiger partial charge < -0.3 is 19.5 Å². The molecule has 172 valence electrons. The number of amidine groups is 2. The van der Waals surface area contributed by atoms with Gasteiger partial charge in [0.25, 0.3) is 0 Å². The molecule has 4 aliphatic carbocycles. The van der Waals surface area contributed by atoms with Crippen molar-refractivity contribution in [2.75, 3.05) is 53.5 Å². The summed E-state index contributed by atoms with van der Waals surface area (Å²) in [5.41, 5.74) is 0.363. The smallest absolute Gasteiger partial charge is 0.145 e. The molecule has 2 aliphatic heterocycles. The van der Waals surface area contributed by atoms with Gasteiger partial charge in [0.2, 0.25) is 0 Å². The lowest BCUT2D eigenvalue weighted by atomic mass is 9.50. The Hall–Kier alpha value is -2.12. The number of hydrogen-bond donors (Lipinski definition) is 0. The van der Waals surface area contributed by atoms with Gasteiger partial charge in [-0.25, -0.2) is 0 Å². The summed E-state index contributed by atoms with van der Waals surface area (Å²) in [6, 6.07) is 0. The predicted molar refractivity (Wildman–Crippen MR) is 125 cm³/mol. The van der Waals surface area contributed by atoms with Crippen LogP contribution in [0.5, 0.6) is 0 Å². The zero-order chi connectivity index (χ0) is 23.4. The molecule has 8 heteroatoms. The maximum Gasteiger partial charge on any atom is 0.145 e. The van der Waals surface area contributed by atoms with Crippen molar-refractivity contribution in [3.63, 3.8) is 0 Å². The molecule has 0 aromatic carbocycles. The predicted octanol–water partition coefficient (Wildman–Crippen LogP) is 2.90. The fourth-order valence-corrected chi connectivity index (χ4v) is 6.15. The number of hydrogen-bond acceptors (Lipinski definition) is 8. The average molecular weight is 435 g/mol. The standard InChI is InChI=1S/C16H25N3O.C7H13N3O/c1-19-3-2-17-15(19)10-18-20-11-16-7-12-4-13(8-16)6-14(5-12)9-16;1-3-11-9-6-7-8-4-5-10(7)2/h10,12-14H,2-9,11H2,1H3;6H,3-5H2,1-2H3/i10T;6T. The number of likely N-dealkylation sites (N-methyl/N-ethyl adjacent to an activating group) is 2. The first-order valence-electron chi connectivity index (χ1n) is 12.7. The van der Waals surface area contributed by atoms with Crippen molar-refractivity contribution in [3.8, 4) is 0 Å². The molecule has 2 heterocycles. The highest BCUT2D eigenvalue weighted by molar-refractivity contribution is 6.29. The van der Waals surface area contributed by atoms with Crippen molar-refractivity contribution in [3.05, 3.63) is 0 Å². The Labute approximate surface area is 189 Å². The highest BCUT2D eigenvalue weighted by atomic mass is 16.6. The highest BCUT2D eigenvalue weighted by Crippen LogP contribution is 2.60. The van der Waals surface area contributed by atoms with E-state index in [-0.39, 0.29) is 12.4 Å². The van der Waals surface area contributed by atoms with Crippen molar-refractivity contribution >= 4 is 24.1 Å². The van der Waals surface area contributed by atoms with E-state index in [1.54, 1.807) is 0 Å². The van der Waals surface area contributed by atoms with Crippen LogP contribution in [-0.2, 0) is 9.68 Å². The minimum atomic E-state index is 0.108. The van der Waals surface area contributed by atoms with Gasteiger partial charge in [-0.3, -0.25) is 9.98 Å². The third-order valence-electron chi connectivity index (χ3n) is 7.20. The molecule has 6 aliphatic rings. The molecule has 4 fully saturated rings. The second kappa shape index (κ2) is 10.0. The zero-order valence-corrected chi connectivity index (χ0v) is 19.2. The molecule has 0 saturated heterocycles. The first-order chi connectivity index (χ1) is 15.9. The Morgan fingerprint density at radius 1 is 0.935 bits per heavy atom. The molecule has 0 aromatic heterocycles. The molecule has 0 spiro atoms. The third kappa shape index (κ3) is 5.57. The van der Waals surface area contributed by atoms with E-state index >= 15 is 0 Å². The number of oxime groups is 2. The Balaban J connectivity index is 0.000000185. The van der Waals surface area contributed by atoms with Crippen LogP contribution in [0.2, 0.25) is 0 Å². The highest BCUT2D eigenvalue weighted by Gasteiger charge is 2.51. The van der Waals surface area contributed by atoms with E-state index < -0.39 is 0 Å². The fraction of sp³-hybridized carbons (Fsp3) is 0.826. The van der Waals surface area contributed by atoms with Crippen LogP contribution in [0.15, 0.2) is 20.3 Å². The van der Waals surface area contributed by atoms with Crippen LogP contribution >= 0.6 is 0 Å². The van der Waals surface area contributed by atoms with Crippen LogP contribution in [0.25, 0.3) is 0 Å². The molecule has 0 aromatic rings.